The molecule has 105 valence electrons. The Bertz CT molecular complexity index is 341. The Hall–Kier alpha value is -0.860. The first-order valence-electron chi connectivity index (χ1n) is 7.60. The van der Waals surface area contributed by atoms with Crippen LogP contribution in [0.2, 0.25) is 0 Å². The average molecular weight is 260 g/mol. The summed E-state index contributed by atoms with van der Waals surface area (Å²) in [6, 6.07) is 9.31. The second-order valence-electron chi connectivity index (χ2n) is 5.37. The minimum absolute atomic E-state index is 0.442. The molecule has 1 aromatic rings. The summed E-state index contributed by atoms with van der Waals surface area (Å²) >= 11 is 0. The lowest BCUT2D eigenvalue weighted by Crippen LogP contribution is -2.38. The second kappa shape index (κ2) is 8.34. The van der Waals surface area contributed by atoms with Crippen molar-refractivity contribution in [3.05, 3.63) is 41.8 Å². The van der Waals surface area contributed by atoms with Gasteiger partial charge in [0.2, 0.25) is 0 Å². The molecule has 0 amide bonds. The van der Waals surface area contributed by atoms with E-state index in [1.165, 1.54) is 43.2 Å². The summed E-state index contributed by atoms with van der Waals surface area (Å²) in [6.45, 7) is 4.87. The van der Waals surface area contributed by atoms with Crippen molar-refractivity contribution in [2.75, 3.05) is 13.2 Å². The molecule has 0 aliphatic carbocycles. The molecule has 1 fully saturated rings. The monoisotopic (exact) mass is 260 g/mol. The number of aryl methyl sites for hydroxylation is 1. The fourth-order valence-corrected chi connectivity index (χ4v) is 2.41. The fraction of sp³-hybridized carbons (Fsp3) is 0.588. The van der Waals surface area contributed by atoms with Crippen molar-refractivity contribution < 1.29 is 4.74 Å². The summed E-state index contributed by atoms with van der Waals surface area (Å²) in [5.41, 5.74) is 2.71. The predicted octanol–water partition coefficient (Wildman–Crippen LogP) is 3.50. The van der Waals surface area contributed by atoms with Gasteiger partial charge in [0, 0.05) is 6.04 Å². The lowest BCUT2D eigenvalue weighted by molar-refractivity contribution is 0.102. The van der Waals surface area contributed by atoms with Gasteiger partial charge in [0.15, 0.2) is 0 Å². The molecule has 19 heavy (non-hydrogen) atoms. The molecule has 2 nitrogen and oxygen atoms in total. The van der Waals surface area contributed by atoms with Gasteiger partial charge in [0.1, 0.15) is 0 Å². The molecule has 0 saturated carbocycles. The van der Waals surface area contributed by atoms with Gasteiger partial charge in [0.25, 0.3) is 0 Å². The van der Waals surface area contributed by atoms with Crippen LogP contribution < -0.4 is 5.32 Å². The quantitative estimate of drug-likeness (QED) is 0.810. The molecule has 2 rings (SSSR count). The van der Waals surface area contributed by atoms with Gasteiger partial charge < -0.3 is 10.1 Å². The molecule has 1 aromatic carbocycles. The third kappa shape index (κ3) is 5.33. The van der Waals surface area contributed by atoms with Crippen molar-refractivity contribution in [1.82, 2.24) is 5.32 Å². The van der Waals surface area contributed by atoms with Crippen LogP contribution in [0, 0.1) is 6.42 Å². The number of ether oxygens (including phenoxy) is 1. The SMILES string of the molecule is CCCCc1ccc(COCC2[CH]CCCN2)cc1. The van der Waals surface area contributed by atoms with E-state index in [4.69, 9.17) is 4.74 Å². The van der Waals surface area contributed by atoms with Crippen molar-refractivity contribution in [3.8, 4) is 0 Å². The first-order chi connectivity index (χ1) is 9.38. The Morgan fingerprint density at radius 1 is 1.21 bits per heavy atom. The smallest absolute Gasteiger partial charge is 0.0717 e. The standard InChI is InChI=1S/C17H26NO/c1-2-3-6-15-8-10-16(11-9-15)13-19-14-17-7-4-5-12-18-17/h7-11,17-18H,2-6,12-14H2,1H3. The number of piperidine rings is 1. The Kier molecular flexibility index (Phi) is 6.38. The Morgan fingerprint density at radius 2 is 2.00 bits per heavy atom. The van der Waals surface area contributed by atoms with Gasteiger partial charge in [-0.3, -0.25) is 0 Å². The molecular formula is C17H26NO. The molecule has 1 radical (unpaired) electrons. The zero-order valence-corrected chi connectivity index (χ0v) is 12.0. The summed E-state index contributed by atoms with van der Waals surface area (Å²) in [4.78, 5) is 0. The van der Waals surface area contributed by atoms with Crippen LogP contribution in [0.25, 0.3) is 0 Å². The molecular weight excluding hydrogens is 234 g/mol. The highest BCUT2D eigenvalue weighted by Crippen LogP contribution is 2.10. The van der Waals surface area contributed by atoms with Crippen LogP contribution in [0.1, 0.15) is 43.7 Å². The van der Waals surface area contributed by atoms with Gasteiger partial charge in [-0.05, 0) is 49.8 Å². The zero-order valence-electron chi connectivity index (χ0n) is 12.0. The molecule has 0 bridgehead atoms. The van der Waals surface area contributed by atoms with E-state index in [0.717, 1.165) is 19.8 Å². The number of nitrogens with one attached hydrogen (secondary N) is 1. The molecule has 1 saturated heterocycles. The molecule has 1 aliphatic rings. The third-order valence-electron chi connectivity index (χ3n) is 3.65. The van der Waals surface area contributed by atoms with Gasteiger partial charge in [-0.25, -0.2) is 0 Å². The van der Waals surface area contributed by atoms with Gasteiger partial charge in [-0.15, -0.1) is 0 Å². The molecule has 1 N–H and O–H groups in total. The molecule has 1 heterocycles. The van der Waals surface area contributed by atoms with Crippen molar-refractivity contribution in [1.29, 1.82) is 0 Å². The highest BCUT2D eigenvalue weighted by molar-refractivity contribution is 5.22. The molecule has 0 aromatic heterocycles. The van der Waals surface area contributed by atoms with Crippen molar-refractivity contribution in [2.24, 2.45) is 0 Å². The van der Waals surface area contributed by atoms with Gasteiger partial charge in [0.05, 0.1) is 13.2 Å². The Labute approximate surface area is 117 Å². The van der Waals surface area contributed by atoms with E-state index < -0.39 is 0 Å². The predicted molar refractivity (Wildman–Crippen MR) is 80.0 cm³/mol. The van der Waals surface area contributed by atoms with Crippen LogP contribution in [-0.4, -0.2) is 19.2 Å². The summed E-state index contributed by atoms with van der Waals surface area (Å²) in [7, 11) is 0. The molecule has 1 aliphatic heterocycles. The van der Waals surface area contributed by atoms with E-state index in [0.29, 0.717) is 6.04 Å². The van der Waals surface area contributed by atoms with E-state index in [1.54, 1.807) is 0 Å². The average Bonchev–Trinajstić information content (AvgIpc) is 2.47. The van der Waals surface area contributed by atoms with Gasteiger partial charge >= 0.3 is 0 Å². The second-order valence-corrected chi connectivity index (χ2v) is 5.37. The summed E-state index contributed by atoms with van der Waals surface area (Å²) < 4.78 is 5.79. The first-order valence-corrected chi connectivity index (χ1v) is 7.60. The highest BCUT2D eigenvalue weighted by Gasteiger charge is 2.12. The van der Waals surface area contributed by atoms with Crippen LogP contribution in [0.4, 0.5) is 0 Å². The van der Waals surface area contributed by atoms with Crippen LogP contribution in [0.3, 0.4) is 0 Å². The number of unbranched alkanes of at least 4 members (excludes halogenated alkanes) is 1. The lowest BCUT2D eigenvalue weighted by Gasteiger charge is -2.22. The maximum atomic E-state index is 5.79. The van der Waals surface area contributed by atoms with E-state index >= 15 is 0 Å². The zero-order chi connectivity index (χ0) is 13.3. The van der Waals surface area contributed by atoms with E-state index in [-0.39, 0.29) is 0 Å². The molecule has 2 heteroatoms. The fourth-order valence-electron chi connectivity index (χ4n) is 2.41. The molecule has 0 spiro atoms. The minimum atomic E-state index is 0.442. The summed E-state index contributed by atoms with van der Waals surface area (Å²) in [6.07, 6.45) is 8.54. The number of benzene rings is 1. The Morgan fingerprint density at radius 3 is 2.68 bits per heavy atom. The minimum Gasteiger partial charge on any atom is -0.375 e. The van der Waals surface area contributed by atoms with Crippen LogP contribution in [0.5, 0.6) is 0 Å². The van der Waals surface area contributed by atoms with E-state index in [2.05, 4.69) is 42.9 Å². The van der Waals surface area contributed by atoms with Gasteiger partial charge in [-0.2, -0.15) is 0 Å². The topological polar surface area (TPSA) is 21.3 Å². The number of hydrogen-bond acceptors (Lipinski definition) is 2. The maximum Gasteiger partial charge on any atom is 0.0717 e. The third-order valence-corrected chi connectivity index (χ3v) is 3.65. The van der Waals surface area contributed by atoms with E-state index in [9.17, 15) is 0 Å². The van der Waals surface area contributed by atoms with Crippen molar-refractivity contribution in [2.45, 2.75) is 51.7 Å². The molecule has 1 atom stereocenters. The largest absolute Gasteiger partial charge is 0.375 e. The van der Waals surface area contributed by atoms with Crippen molar-refractivity contribution in [3.63, 3.8) is 0 Å². The van der Waals surface area contributed by atoms with Crippen LogP contribution >= 0.6 is 0 Å². The molecule has 1 unspecified atom stereocenters. The highest BCUT2D eigenvalue weighted by atomic mass is 16.5. The number of rotatable bonds is 7. The van der Waals surface area contributed by atoms with E-state index in [1.807, 2.05) is 0 Å². The van der Waals surface area contributed by atoms with Crippen LogP contribution in [0.15, 0.2) is 24.3 Å². The van der Waals surface area contributed by atoms with Crippen LogP contribution in [-0.2, 0) is 17.8 Å². The maximum absolute atomic E-state index is 5.79. The normalized spacial score (nSPS) is 19.5. The first kappa shape index (κ1) is 14.5. The lowest BCUT2D eigenvalue weighted by atomic mass is 10.1. The Balaban J connectivity index is 1.67. The summed E-state index contributed by atoms with van der Waals surface area (Å²) in [5, 5.41) is 3.46. The van der Waals surface area contributed by atoms with Gasteiger partial charge in [-0.1, -0.05) is 37.6 Å². The number of hydrogen-bond donors (Lipinski definition) is 1. The summed E-state index contributed by atoms with van der Waals surface area (Å²) in [5.74, 6) is 0. The van der Waals surface area contributed by atoms with Crippen molar-refractivity contribution >= 4 is 0 Å².